The minimum atomic E-state index is 0.389. The third kappa shape index (κ3) is 1.69. The van der Waals surface area contributed by atoms with Crippen molar-refractivity contribution in [3.63, 3.8) is 0 Å². The molecule has 1 heterocycles. The summed E-state index contributed by atoms with van der Waals surface area (Å²) in [4.78, 5) is 4.54. The van der Waals surface area contributed by atoms with Gasteiger partial charge in [-0.25, -0.2) is 4.98 Å². The minimum absolute atomic E-state index is 0.389. The van der Waals surface area contributed by atoms with E-state index >= 15 is 0 Å². The Morgan fingerprint density at radius 1 is 1.00 bits per heavy atom. The number of aromatic nitrogens is 3. The molecule has 1 aliphatic rings. The smallest absolute Gasteiger partial charge is 0.153 e. The number of aryl methyl sites for hydroxylation is 2. The summed E-state index contributed by atoms with van der Waals surface area (Å²) in [6, 6.07) is 0. The molecular formula is C10H15N3. The van der Waals surface area contributed by atoms with Gasteiger partial charge >= 0.3 is 0 Å². The van der Waals surface area contributed by atoms with Crippen LogP contribution in [0.2, 0.25) is 0 Å². The second-order valence-corrected chi connectivity index (χ2v) is 3.93. The molecule has 0 saturated heterocycles. The van der Waals surface area contributed by atoms with Gasteiger partial charge in [-0.1, -0.05) is 13.8 Å². The number of nitrogens with zero attached hydrogens (tertiary/aromatic N) is 3. The topological polar surface area (TPSA) is 38.7 Å². The largest absolute Gasteiger partial charge is 0.234 e. The molecule has 0 radical (unpaired) electrons. The van der Waals surface area contributed by atoms with Gasteiger partial charge in [0.05, 0.1) is 11.4 Å². The van der Waals surface area contributed by atoms with E-state index < -0.39 is 0 Å². The first-order valence-corrected chi connectivity index (χ1v) is 4.99. The van der Waals surface area contributed by atoms with Crippen LogP contribution in [0.15, 0.2) is 0 Å². The van der Waals surface area contributed by atoms with Crippen molar-refractivity contribution in [3.05, 3.63) is 17.2 Å². The van der Waals surface area contributed by atoms with Crippen molar-refractivity contribution < 1.29 is 0 Å². The fourth-order valence-corrected chi connectivity index (χ4v) is 1.62. The van der Waals surface area contributed by atoms with E-state index in [2.05, 4.69) is 29.0 Å². The Labute approximate surface area is 78.6 Å². The summed E-state index contributed by atoms with van der Waals surface area (Å²) >= 11 is 0. The van der Waals surface area contributed by atoms with Crippen LogP contribution < -0.4 is 0 Å². The van der Waals surface area contributed by atoms with Gasteiger partial charge in [-0.2, -0.15) is 5.10 Å². The van der Waals surface area contributed by atoms with Crippen LogP contribution in [0, 0.1) is 0 Å². The first kappa shape index (κ1) is 8.60. The van der Waals surface area contributed by atoms with E-state index in [1.54, 1.807) is 0 Å². The molecule has 0 N–H and O–H groups in total. The first-order valence-electron chi connectivity index (χ1n) is 4.99. The lowest BCUT2D eigenvalue weighted by Crippen LogP contribution is -2.12. The molecule has 0 spiro atoms. The standard InChI is InChI=1S/C10H15N3/c1-7(2)10-11-8-5-3-4-6-9(8)12-13-10/h7H,3-6H2,1-2H3. The van der Waals surface area contributed by atoms with Crippen molar-refractivity contribution >= 4 is 0 Å². The summed E-state index contributed by atoms with van der Waals surface area (Å²) in [6.45, 7) is 4.21. The quantitative estimate of drug-likeness (QED) is 0.657. The van der Waals surface area contributed by atoms with Crippen molar-refractivity contribution in [1.82, 2.24) is 15.2 Å². The summed E-state index contributed by atoms with van der Waals surface area (Å²) in [5.41, 5.74) is 2.31. The maximum absolute atomic E-state index is 4.54. The van der Waals surface area contributed by atoms with Gasteiger partial charge in [-0.05, 0) is 25.7 Å². The van der Waals surface area contributed by atoms with Crippen LogP contribution >= 0.6 is 0 Å². The second kappa shape index (κ2) is 3.40. The van der Waals surface area contributed by atoms with E-state index in [0.717, 1.165) is 24.4 Å². The van der Waals surface area contributed by atoms with E-state index in [1.165, 1.54) is 18.5 Å². The average Bonchev–Trinajstić information content (AvgIpc) is 2.17. The van der Waals surface area contributed by atoms with E-state index in [-0.39, 0.29) is 0 Å². The third-order valence-corrected chi connectivity index (χ3v) is 2.45. The van der Waals surface area contributed by atoms with E-state index in [9.17, 15) is 0 Å². The minimum Gasteiger partial charge on any atom is -0.234 e. The predicted octanol–water partition coefficient (Wildman–Crippen LogP) is 1.87. The van der Waals surface area contributed by atoms with Crippen molar-refractivity contribution in [2.45, 2.75) is 45.4 Å². The Morgan fingerprint density at radius 3 is 2.38 bits per heavy atom. The van der Waals surface area contributed by atoms with Gasteiger partial charge in [0, 0.05) is 5.92 Å². The molecule has 0 aromatic carbocycles. The molecule has 0 fully saturated rings. The SMILES string of the molecule is CC(C)c1nnc2c(n1)CCCC2. The molecule has 3 nitrogen and oxygen atoms in total. The van der Waals surface area contributed by atoms with Crippen molar-refractivity contribution in [2.24, 2.45) is 0 Å². The molecule has 0 bridgehead atoms. The summed E-state index contributed by atoms with van der Waals surface area (Å²) in [5, 5.41) is 8.36. The summed E-state index contributed by atoms with van der Waals surface area (Å²) in [6.07, 6.45) is 4.64. The van der Waals surface area contributed by atoms with Gasteiger partial charge in [0.25, 0.3) is 0 Å². The van der Waals surface area contributed by atoms with Crippen molar-refractivity contribution in [3.8, 4) is 0 Å². The molecule has 3 heteroatoms. The lowest BCUT2D eigenvalue weighted by atomic mass is 10.0. The molecule has 70 valence electrons. The maximum atomic E-state index is 4.54. The Bertz CT molecular complexity index is 307. The second-order valence-electron chi connectivity index (χ2n) is 3.93. The fourth-order valence-electron chi connectivity index (χ4n) is 1.62. The van der Waals surface area contributed by atoms with Gasteiger partial charge in [0.2, 0.25) is 0 Å². The molecule has 0 amide bonds. The Morgan fingerprint density at radius 2 is 1.69 bits per heavy atom. The predicted molar refractivity (Wildman–Crippen MR) is 50.6 cm³/mol. The van der Waals surface area contributed by atoms with Gasteiger partial charge in [-0.3, -0.25) is 0 Å². The number of fused-ring (bicyclic) bond motifs is 1. The molecule has 1 aromatic heterocycles. The first-order chi connectivity index (χ1) is 6.27. The van der Waals surface area contributed by atoms with Gasteiger partial charge in [0.1, 0.15) is 0 Å². The van der Waals surface area contributed by atoms with Crippen molar-refractivity contribution in [1.29, 1.82) is 0 Å². The van der Waals surface area contributed by atoms with Crippen LogP contribution in [0.5, 0.6) is 0 Å². The highest BCUT2D eigenvalue weighted by atomic mass is 15.2. The number of hydrogen-bond donors (Lipinski definition) is 0. The zero-order valence-electron chi connectivity index (χ0n) is 8.25. The zero-order chi connectivity index (χ0) is 9.26. The highest BCUT2D eigenvalue weighted by Gasteiger charge is 2.14. The third-order valence-electron chi connectivity index (χ3n) is 2.45. The van der Waals surface area contributed by atoms with Crippen LogP contribution in [-0.2, 0) is 12.8 Å². The number of hydrogen-bond acceptors (Lipinski definition) is 3. The van der Waals surface area contributed by atoms with Crippen LogP contribution in [0.1, 0.15) is 49.8 Å². The lowest BCUT2D eigenvalue weighted by Gasteiger charge is -2.13. The Balaban J connectivity index is 2.35. The van der Waals surface area contributed by atoms with Gasteiger partial charge in [-0.15, -0.1) is 5.10 Å². The summed E-state index contributed by atoms with van der Waals surface area (Å²) in [7, 11) is 0. The lowest BCUT2D eigenvalue weighted by molar-refractivity contribution is 0.606. The van der Waals surface area contributed by atoms with Crippen molar-refractivity contribution in [2.75, 3.05) is 0 Å². The Hall–Kier alpha value is -0.990. The highest BCUT2D eigenvalue weighted by Crippen LogP contribution is 2.18. The zero-order valence-corrected chi connectivity index (χ0v) is 8.25. The average molecular weight is 177 g/mol. The molecule has 2 rings (SSSR count). The van der Waals surface area contributed by atoms with Crippen LogP contribution in [0.25, 0.3) is 0 Å². The molecule has 0 unspecified atom stereocenters. The molecule has 1 aromatic rings. The van der Waals surface area contributed by atoms with E-state index in [1.807, 2.05) is 0 Å². The highest BCUT2D eigenvalue weighted by molar-refractivity contribution is 5.14. The normalized spacial score (nSPS) is 15.9. The van der Waals surface area contributed by atoms with Crippen LogP contribution in [0.4, 0.5) is 0 Å². The van der Waals surface area contributed by atoms with Crippen LogP contribution in [-0.4, -0.2) is 15.2 Å². The van der Waals surface area contributed by atoms with Crippen LogP contribution in [0.3, 0.4) is 0 Å². The fraction of sp³-hybridized carbons (Fsp3) is 0.700. The maximum Gasteiger partial charge on any atom is 0.153 e. The molecule has 0 aliphatic heterocycles. The van der Waals surface area contributed by atoms with Gasteiger partial charge < -0.3 is 0 Å². The monoisotopic (exact) mass is 177 g/mol. The molecular weight excluding hydrogens is 162 g/mol. The summed E-state index contributed by atoms with van der Waals surface area (Å²) < 4.78 is 0. The molecule has 1 aliphatic carbocycles. The van der Waals surface area contributed by atoms with E-state index in [0.29, 0.717) is 5.92 Å². The van der Waals surface area contributed by atoms with Gasteiger partial charge in [0.15, 0.2) is 5.82 Å². The number of rotatable bonds is 1. The Kier molecular flexibility index (Phi) is 2.25. The molecule has 0 saturated carbocycles. The molecule has 13 heavy (non-hydrogen) atoms. The van der Waals surface area contributed by atoms with E-state index in [4.69, 9.17) is 0 Å². The summed E-state index contributed by atoms with van der Waals surface area (Å²) in [5.74, 6) is 1.28. The molecule has 0 atom stereocenters.